The molecule has 27 heavy (non-hydrogen) atoms. The Hall–Kier alpha value is -2.72. The number of nitrogens with zero attached hydrogens (tertiary/aromatic N) is 2. The van der Waals surface area contributed by atoms with Crippen molar-refractivity contribution in [3.8, 4) is 11.5 Å². The van der Waals surface area contributed by atoms with Crippen molar-refractivity contribution in [1.82, 2.24) is 9.29 Å². The molecule has 2 heterocycles. The van der Waals surface area contributed by atoms with Crippen molar-refractivity contribution in [2.75, 3.05) is 20.2 Å². The second-order valence-electron chi connectivity index (χ2n) is 6.09. The summed E-state index contributed by atoms with van der Waals surface area (Å²) in [5, 5.41) is -0.564. The van der Waals surface area contributed by atoms with E-state index < -0.39 is 32.7 Å². The van der Waals surface area contributed by atoms with Gasteiger partial charge in [0.2, 0.25) is 17.5 Å². The quantitative estimate of drug-likeness (QED) is 0.750. The summed E-state index contributed by atoms with van der Waals surface area (Å²) in [6, 6.07) is 8.62. The van der Waals surface area contributed by atoms with Gasteiger partial charge in [-0.25, -0.2) is 18.2 Å². The minimum absolute atomic E-state index is 0.00148. The Morgan fingerprint density at radius 1 is 1.22 bits per heavy atom. The van der Waals surface area contributed by atoms with Crippen molar-refractivity contribution >= 4 is 21.9 Å². The van der Waals surface area contributed by atoms with Crippen LogP contribution in [0.1, 0.15) is 23.3 Å². The van der Waals surface area contributed by atoms with Gasteiger partial charge in [0.15, 0.2) is 0 Å². The van der Waals surface area contributed by atoms with Crippen LogP contribution in [0.4, 0.5) is 0 Å². The van der Waals surface area contributed by atoms with Gasteiger partial charge in [0.1, 0.15) is 0 Å². The van der Waals surface area contributed by atoms with Gasteiger partial charge in [0.25, 0.3) is 15.1 Å². The molecule has 0 radical (unpaired) electrons. The zero-order valence-electron chi connectivity index (χ0n) is 14.6. The van der Waals surface area contributed by atoms with Crippen LogP contribution in [0.25, 0.3) is 11.5 Å². The number of sulfonamides is 1. The molecule has 1 aliphatic rings. The fraction of sp³-hybridized carbons (Fsp3) is 0.353. The molecule has 3 rings (SSSR count). The molecular weight excluding hydrogens is 374 g/mol. The highest BCUT2D eigenvalue weighted by Crippen LogP contribution is 2.30. The first kappa shape index (κ1) is 19.1. The number of oxazole rings is 1. The molecule has 0 aliphatic carbocycles. The first-order chi connectivity index (χ1) is 12.8. The van der Waals surface area contributed by atoms with Gasteiger partial charge in [-0.05, 0) is 25.0 Å². The number of esters is 1. The number of carbonyl (C=O) groups is 2. The highest BCUT2D eigenvalue weighted by molar-refractivity contribution is 7.89. The molecule has 2 N–H and O–H groups in total. The number of amides is 1. The van der Waals surface area contributed by atoms with Crippen molar-refractivity contribution in [2.24, 2.45) is 11.7 Å². The predicted octanol–water partition coefficient (Wildman–Crippen LogP) is 1.01. The van der Waals surface area contributed by atoms with E-state index in [1.807, 2.05) is 0 Å². The Balaban J connectivity index is 1.98. The highest BCUT2D eigenvalue weighted by atomic mass is 32.2. The lowest BCUT2D eigenvalue weighted by atomic mass is 9.98. The molecule has 0 atom stereocenters. The van der Waals surface area contributed by atoms with E-state index in [9.17, 15) is 18.0 Å². The number of hydrogen-bond acceptors (Lipinski definition) is 7. The van der Waals surface area contributed by atoms with Crippen LogP contribution in [0.3, 0.4) is 0 Å². The monoisotopic (exact) mass is 393 g/mol. The number of carbonyl (C=O) groups excluding carboxylic acids is 2. The van der Waals surface area contributed by atoms with Crippen molar-refractivity contribution in [2.45, 2.75) is 17.9 Å². The maximum Gasteiger partial charge on any atom is 0.361 e. The molecule has 0 bridgehead atoms. The topological polar surface area (TPSA) is 133 Å². The summed E-state index contributed by atoms with van der Waals surface area (Å²) in [5.41, 5.74) is 5.40. The van der Waals surface area contributed by atoms with Crippen LogP contribution < -0.4 is 5.73 Å². The molecule has 0 unspecified atom stereocenters. The maximum absolute atomic E-state index is 13.0. The Labute approximate surface area is 156 Å². The number of hydrogen-bond donors (Lipinski definition) is 1. The van der Waals surface area contributed by atoms with E-state index in [1.54, 1.807) is 30.3 Å². The number of nitrogens with two attached hydrogens (primary N) is 1. The average molecular weight is 393 g/mol. The highest BCUT2D eigenvalue weighted by Gasteiger charge is 2.38. The molecule has 144 valence electrons. The molecule has 0 spiro atoms. The predicted molar refractivity (Wildman–Crippen MR) is 94.0 cm³/mol. The van der Waals surface area contributed by atoms with Crippen LogP contribution in [0.15, 0.2) is 39.8 Å². The summed E-state index contributed by atoms with van der Waals surface area (Å²) in [7, 11) is -3.00. The van der Waals surface area contributed by atoms with Gasteiger partial charge in [-0.2, -0.15) is 4.31 Å². The van der Waals surface area contributed by atoms with E-state index >= 15 is 0 Å². The zero-order valence-corrected chi connectivity index (χ0v) is 15.4. The first-order valence-corrected chi connectivity index (χ1v) is 9.72. The van der Waals surface area contributed by atoms with Crippen LogP contribution in [-0.2, 0) is 19.6 Å². The average Bonchev–Trinajstić information content (AvgIpc) is 3.14. The first-order valence-electron chi connectivity index (χ1n) is 8.28. The number of ether oxygens (including phenoxy) is 1. The molecule has 2 aromatic rings. The van der Waals surface area contributed by atoms with Gasteiger partial charge in [-0.15, -0.1) is 0 Å². The smallest absolute Gasteiger partial charge is 0.361 e. The number of primary amides is 1. The van der Waals surface area contributed by atoms with Crippen LogP contribution in [0.2, 0.25) is 0 Å². The summed E-state index contributed by atoms with van der Waals surface area (Å²) in [6.07, 6.45) is 0.615. The number of benzene rings is 1. The number of aromatic nitrogens is 1. The van der Waals surface area contributed by atoms with Crippen molar-refractivity contribution in [1.29, 1.82) is 0 Å². The van der Waals surface area contributed by atoms with Crippen molar-refractivity contribution in [3.05, 3.63) is 36.0 Å². The van der Waals surface area contributed by atoms with E-state index in [1.165, 1.54) is 0 Å². The maximum atomic E-state index is 13.0. The molecule has 1 aromatic heterocycles. The second-order valence-corrected chi connectivity index (χ2v) is 7.93. The van der Waals surface area contributed by atoms with Crippen molar-refractivity contribution < 1.29 is 27.2 Å². The lowest BCUT2D eigenvalue weighted by Crippen LogP contribution is -2.41. The second kappa shape index (κ2) is 7.49. The molecule has 1 amide bonds. The fourth-order valence-corrected chi connectivity index (χ4v) is 4.39. The van der Waals surface area contributed by atoms with Crippen LogP contribution >= 0.6 is 0 Å². The summed E-state index contributed by atoms with van der Waals surface area (Å²) < 4.78 is 37.3. The zero-order chi connectivity index (χ0) is 19.6. The van der Waals surface area contributed by atoms with E-state index in [2.05, 4.69) is 9.72 Å². The summed E-state index contributed by atoms with van der Waals surface area (Å²) >= 11 is 0. The minimum atomic E-state index is -4.13. The number of piperidine rings is 1. The number of methoxy groups -OCH3 is 1. The van der Waals surface area contributed by atoms with E-state index in [0.29, 0.717) is 18.4 Å². The van der Waals surface area contributed by atoms with Gasteiger partial charge in [0, 0.05) is 24.6 Å². The molecule has 1 fully saturated rings. The van der Waals surface area contributed by atoms with Gasteiger partial charge in [0.05, 0.1) is 7.11 Å². The fourth-order valence-electron chi connectivity index (χ4n) is 2.91. The van der Waals surface area contributed by atoms with Crippen LogP contribution in [-0.4, -0.2) is 49.8 Å². The lowest BCUT2D eigenvalue weighted by Gasteiger charge is -2.28. The molecule has 1 aromatic carbocycles. The SMILES string of the molecule is COC(=O)c1nc(-c2ccccc2)oc1S(=O)(=O)N1CCC(C(N)=O)CC1. The molecule has 10 heteroatoms. The van der Waals surface area contributed by atoms with Crippen LogP contribution in [0.5, 0.6) is 0 Å². The summed E-state index contributed by atoms with van der Waals surface area (Å²) in [4.78, 5) is 27.4. The van der Waals surface area contributed by atoms with Crippen LogP contribution in [0, 0.1) is 5.92 Å². The summed E-state index contributed by atoms with van der Waals surface area (Å²) in [5.74, 6) is -1.73. The van der Waals surface area contributed by atoms with Gasteiger partial charge in [-0.3, -0.25) is 4.79 Å². The molecular formula is C17H19N3O6S. The van der Waals surface area contributed by atoms with E-state index in [0.717, 1.165) is 11.4 Å². The standard InChI is InChI=1S/C17H19N3O6S/c1-25-16(22)13-17(26-15(19-13)12-5-3-2-4-6-12)27(23,24)20-9-7-11(8-10-20)14(18)21/h2-6,11H,7-10H2,1H3,(H2,18,21). The third-order valence-corrected chi connectivity index (χ3v) is 6.22. The molecule has 1 saturated heterocycles. The Morgan fingerprint density at radius 2 is 1.85 bits per heavy atom. The molecule has 1 aliphatic heterocycles. The van der Waals surface area contributed by atoms with Gasteiger partial charge in [-0.1, -0.05) is 18.2 Å². The van der Waals surface area contributed by atoms with Gasteiger partial charge >= 0.3 is 5.97 Å². The Bertz CT molecular complexity index is 946. The lowest BCUT2D eigenvalue weighted by molar-refractivity contribution is -0.122. The third-order valence-electron chi connectivity index (χ3n) is 4.43. The Kier molecular flexibility index (Phi) is 5.29. The normalized spacial score (nSPS) is 16.2. The largest absolute Gasteiger partial charge is 0.464 e. The minimum Gasteiger partial charge on any atom is -0.464 e. The van der Waals surface area contributed by atoms with Gasteiger partial charge < -0.3 is 14.9 Å². The van der Waals surface area contributed by atoms with E-state index in [-0.39, 0.29) is 24.9 Å². The van der Waals surface area contributed by atoms with Crippen molar-refractivity contribution in [3.63, 3.8) is 0 Å². The summed E-state index contributed by atoms with van der Waals surface area (Å²) in [6.45, 7) is 0.190. The van der Waals surface area contributed by atoms with E-state index in [4.69, 9.17) is 10.2 Å². The third kappa shape index (κ3) is 3.71. The molecule has 0 saturated carbocycles. The Morgan fingerprint density at radius 3 is 2.41 bits per heavy atom. The number of rotatable bonds is 5. The molecule has 9 nitrogen and oxygen atoms in total.